The molecule has 76 valence electrons. The minimum atomic E-state index is 0.155. The molecule has 0 aromatic heterocycles. The van der Waals surface area contributed by atoms with E-state index in [1.54, 1.807) is 6.07 Å². The average Bonchev–Trinajstić information content (AvgIpc) is 2.61. The number of nitrogens with one attached hydrogen (secondary N) is 1. The van der Waals surface area contributed by atoms with Crippen molar-refractivity contribution in [3.63, 3.8) is 0 Å². The molecule has 1 aliphatic rings. The number of phenolic OH excluding ortho intramolecular Hbond substituents is 1. The predicted molar refractivity (Wildman–Crippen MR) is 48.1 cm³/mol. The molecule has 0 radical (unpaired) electrons. The van der Waals surface area contributed by atoms with Crippen molar-refractivity contribution in [2.75, 3.05) is 13.9 Å². The molecule has 1 aromatic carbocycles. The number of rotatable bonds is 3. The highest BCUT2D eigenvalue weighted by molar-refractivity contribution is 5.52. The number of fused-ring (bicyclic) bond motifs is 1. The van der Waals surface area contributed by atoms with E-state index in [2.05, 4.69) is 5.48 Å². The van der Waals surface area contributed by atoms with Gasteiger partial charge in [-0.05, 0) is 6.07 Å². The van der Waals surface area contributed by atoms with Gasteiger partial charge in [0.15, 0.2) is 11.5 Å². The first-order valence-corrected chi connectivity index (χ1v) is 4.18. The fraction of sp³-hybridized carbons (Fsp3) is 0.333. The summed E-state index contributed by atoms with van der Waals surface area (Å²) in [5.74, 6) is 1.38. The predicted octanol–water partition coefficient (Wildman–Crippen LogP) is 0.772. The molecule has 0 spiro atoms. The molecular weight excluding hydrogens is 186 g/mol. The van der Waals surface area contributed by atoms with Crippen LogP contribution in [0.3, 0.4) is 0 Å². The molecule has 0 atom stereocenters. The lowest BCUT2D eigenvalue weighted by Gasteiger charge is -2.06. The van der Waals surface area contributed by atoms with Crippen molar-refractivity contribution in [2.24, 2.45) is 0 Å². The van der Waals surface area contributed by atoms with E-state index in [-0.39, 0.29) is 12.5 Å². The molecule has 14 heavy (non-hydrogen) atoms. The Morgan fingerprint density at radius 3 is 3.14 bits per heavy atom. The van der Waals surface area contributed by atoms with Crippen molar-refractivity contribution in [3.8, 4) is 17.2 Å². The summed E-state index contributed by atoms with van der Waals surface area (Å²) in [6, 6.07) is 3.14. The smallest absolute Gasteiger partial charge is 0.231 e. The van der Waals surface area contributed by atoms with Crippen LogP contribution in [-0.4, -0.2) is 19.0 Å². The molecule has 5 nitrogen and oxygen atoms in total. The molecule has 0 unspecified atom stereocenters. The standard InChI is InChI=1S/C9H11NO4/c1-12-10-4-6-2-7(11)3-8-9(6)14-5-13-8/h2-3,10-11H,4-5H2,1H3. The van der Waals surface area contributed by atoms with Gasteiger partial charge in [-0.25, -0.2) is 0 Å². The topological polar surface area (TPSA) is 60.0 Å². The van der Waals surface area contributed by atoms with E-state index in [4.69, 9.17) is 14.3 Å². The van der Waals surface area contributed by atoms with E-state index in [0.717, 1.165) is 5.56 Å². The van der Waals surface area contributed by atoms with Gasteiger partial charge in [-0.3, -0.25) is 0 Å². The van der Waals surface area contributed by atoms with Crippen molar-refractivity contribution in [1.82, 2.24) is 5.48 Å². The quantitative estimate of drug-likeness (QED) is 0.701. The lowest BCUT2D eigenvalue weighted by atomic mass is 10.2. The lowest BCUT2D eigenvalue weighted by molar-refractivity contribution is 0.0857. The third kappa shape index (κ3) is 1.59. The fourth-order valence-electron chi connectivity index (χ4n) is 1.35. The Morgan fingerprint density at radius 2 is 2.36 bits per heavy atom. The average molecular weight is 197 g/mol. The van der Waals surface area contributed by atoms with Crippen molar-refractivity contribution >= 4 is 0 Å². The summed E-state index contributed by atoms with van der Waals surface area (Å²) < 4.78 is 10.4. The van der Waals surface area contributed by atoms with Gasteiger partial charge in [-0.2, -0.15) is 5.48 Å². The maximum atomic E-state index is 9.37. The summed E-state index contributed by atoms with van der Waals surface area (Å²) in [5, 5.41) is 9.37. The van der Waals surface area contributed by atoms with Crippen LogP contribution in [0.15, 0.2) is 12.1 Å². The Hall–Kier alpha value is -1.46. The van der Waals surface area contributed by atoms with E-state index in [1.807, 2.05) is 0 Å². The first-order valence-electron chi connectivity index (χ1n) is 4.18. The molecule has 0 saturated heterocycles. The second kappa shape index (κ2) is 3.73. The normalized spacial score (nSPS) is 13.2. The molecule has 2 rings (SSSR count). The highest BCUT2D eigenvalue weighted by Gasteiger charge is 2.18. The van der Waals surface area contributed by atoms with Crippen LogP contribution in [-0.2, 0) is 11.4 Å². The molecule has 1 aromatic rings. The van der Waals surface area contributed by atoms with Crippen LogP contribution in [0.2, 0.25) is 0 Å². The summed E-state index contributed by atoms with van der Waals surface area (Å²) in [6.07, 6.45) is 0. The summed E-state index contributed by atoms with van der Waals surface area (Å²) in [4.78, 5) is 4.72. The Balaban J connectivity index is 2.29. The van der Waals surface area contributed by atoms with E-state index in [9.17, 15) is 5.11 Å². The van der Waals surface area contributed by atoms with Crippen LogP contribution in [0.25, 0.3) is 0 Å². The minimum absolute atomic E-state index is 0.155. The maximum Gasteiger partial charge on any atom is 0.231 e. The molecule has 0 fully saturated rings. The van der Waals surface area contributed by atoms with E-state index >= 15 is 0 Å². The molecule has 1 aliphatic heterocycles. The number of aromatic hydroxyl groups is 1. The highest BCUT2D eigenvalue weighted by Crippen LogP contribution is 2.38. The van der Waals surface area contributed by atoms with Gasteiger partial charge in [0, 0.05) is 18.2 Å². The van der Waals surface area contributed by atoms with Gasteiger partial charge in [-0.15, -0.1) is 0 Å². The number of ether oxygens (including phenoxy) is 2. The lowest BCUT2D eigenvalue weighted by Crippen LogP contribution is -2.11. The second-order valence-electron chi connectivity index (χ2n) is 2.86. The van der Waals surface area contributed by atoms with E-state index < -0.39 is 0 Å². The number of hydrogen-bond acceptors (Lipinski definition) is 5. The molecule has 0 amide bonds. The van der Waals surface area contributed by atoms with Gasteiger partial charge in [0.05, 0.1) is 7.11 Å². The van der Waals surface area contributed by atoms with Crippen LogP contribution in [0.5, 0.6) is 17.2 Å². The van der Waals surface area contributed by atoms with Crippen molar-refractivity contribution < 1.29 is 19.4 Å². The summed E-state index contributed by atoms with van der Waals surface area (Å²) in [6.45, 7) is 0.648. The molecular formula is C9H11NO4. The third-order valence-corrected chi connectivity index (χ3v) is 1.94. The summed E-state index contributed by atoms with van der Waals surface area (Å²) >= 11 is 0. The Labute approximate surface area is 81.2 Å². The second-order valence-corrected chi connectivity index (χ2v) is 2.86. The molecule has 0 aliphatic carbocycles. The van der Waals surface area contributed by atoms with Crippen LogP contribution < -0.4 is 15.0 Å². The van der Waals surface area contributed by atoms with Crippen LogP contribution in [0.4, 0.5) is 0 Å². The fourth-order valence-corrected chi connectivity index (χ4v) is 1.35. The Bertz CT molecular complexity index is 340. The monoisotopic (exact) mass is 197 g/mol. The van der Waals surface area contributed by atoms with Gasteiger partial charge in [0.1, 0.15) is 5.75 Å². The van der Waals surface area contributed by atoms with Gasteiger partial charge >= 0.3 is 0 Å². The molecule has 2 N–H and O–H groups in total. The van der Waals surface area contributed by atoms with Crippen molar-refractivity contribution in [3.05, 3.63) is 17.7 Å². The van der Waals surface area contributed by atoms with Gasteiger partial charge in [0.2, 0.25) is 6.79 Å². The van der Waals surface area contributed by atoms with E-state index in [0.29, 0.717) is 18.0 Å². The number of hydroxylamine groups is 1. The highest BCUT2D eigenvalue weighted by atomic mass is 16.7. The zero-order valence-electron chi connectivity index (χ0n) is 7.74. The molecule has 1 heterocycles. The maximum absolute atomic E-state index is 9.37. The van der Waals surface area contributed by atoms with Crippen LogP contribution >= 0.6 is 0 Å². The molecule has 5 heteroatoms. The minimum Gasteiger partial charge on any atom is -0.508 e. The summed E-state index contributed by atoms with van der Waals surface area (Å²) in [5.41, 5.74) is 3.48. The molecule has 0 bridgehead atoms. The number of hydrogen-bond donors (Lipinski definition) is 2. The Morgan fingerprint density at radius 1 is 1.50 bits per heavy atom. The van der Waals surface area contributed by atoms with Gasteiger partial charge in [-0.1, -0.05) is 0 Å². The van der Waals surface area contributed by atoms with Crippen molar-refractivity contribution in [1.29, 1.82) is 0 Å². The van der Waals surface area contributed by atoms with Gasteiger partial charge in [0.25, 0.3) is 0 Å². The zero-order valence-corrected chi connectivity index (χ0v) is 7.74. The Kier molecular flexibility index (Phi) is 2.43. The third-order valence-electron chi connectivity index (χ3n) is 1.94. The van der Waals surface area contributed by atoms with Crippen LogP contribution in [0.1, 0.15) is 5.56 Å². The first kappa shape index (κ1) is 9.11. The van der Waals surface area contributed by atoms with E-state index in [1.165, 1.54) is 13.2 Å². The van der Waals surface area contributed by atoms with Crippen LogP contribution in [0, 0.1) is 0 Å². The summed E-state index contributed by atoms with van der Waals surface area (Å²) in [7, 11) is 1.53. The van der Waals surface area contributed by atoms with Gasteiger partial charge < -0.3 is 19.4 Å². The number of benzene rings is 1. The van der Waals surface area contributed by atoms with Crippen molar-refractivity contribution in [2.45, 2.75) is 6.54 Å². The largest absolute Gasteiger partial charge is 0.508 e. The number of phenols is 1. The zero-order chi connectivity index (χ0) is 9.97. The SMILES string of the molecule is CONCc1cc(O)cc2c1OCO2. The first-order chi connectivity index (χ1) is 6.81. The molecule has 0 saturated carbocycles.